The van der Waals surface area contributed by atoms with Crippen LogP contribution in [0.3, 0.4) is 0 Å². The van der Waals surface area contributed by atoms with E-state index in [1.165, 1.54) is 12.8 Å². The van der Waals surface area contributed by atoms with Gasteiger partial charge in [-0.1, -0.05) is 25.0 Å². The third-order valence-electron chi connectivity index (χ3n) is 2.68. The van der Waals surface area contributed by atoms with Crippen molar-refractivity contribution < 1.29 is 5.11 Å². The molecule has 4 nitrogen and oxygen atoms in total. The molecule has 0 radical (unpaired) electrons. The summed E-state index contributed by atoms with van der Waals surface area (Å²) in [6.07, 6.45) is 5.74. The first-order valence-corrected chi connectivity index (χ1v) is 5.37. The third kappa shape index (κ3) is 2.12. The fraction of sp³-hybridized carbons (Fsp3) is 0.800. The maximum Gasteiger partial charge on any atom is 0.0975 e. The number of aliphatic hydroxyl groups is 1. The Morgan fingerprint density at radius 2 is 2.43 bits per heavy atom. The standard InChI is InChI=1S/C10H17N3O/c1-2-5-13-9(7-11-12-13)10(14)6-8-3-4-8/h7-8,10,14H,2-6H2,1H3. The molecule has 0 saturated heterocycles. The average molecular weight is 195 g/mol. The van der Waals surface area contributed by atoms with Gasteiger partial charge in [0.15, 0.2) is 0 Å². The molecule has 1 saturated carbocycles. The number of hydrogen-bond acceptors (Lipinski definition) is 3. The van der Waals surface area contributed by atoms with E-state index < -0.39 is 0 Å². The van der Waals surface area contributed by atoms with Gasteiger partial charge in [-0.3, -0.25) is 0 Å². The maximum absolute atomic E-state index is 9.93. The lowest BCUT2D eigenvalue weighted by Crippen LogP contribution is -2.09. The van der Waals surface area contributed by atoms with Crippen molar-refractivity contribution >= 4 is 0 Å². The lowest BCUT2D eigenvalue weighted by molar-refractivity contribution is 0.149. The predicted molar refractivity (Wildman–Crippen MR) is 52.6 cm³/mol. The molecule has 0 bridgehead atoms. The van der Waals surface area contributed by atoms with Crippen molar-refractivity contribution in [2.45, 2.75) is 45.3 Å². The number of nitrogens with zero attached hydrogens (tertiary/aromatic N) is 3. The summed E-state index contributed by atoms with van der Waals surface area (Å²) < 4.78 is 1.81. The Bertz CT molecular complexity index is 293. The Morgan fingerprint density at radius 1 is 1.64 bits per heavy atom. The molecule has 0 spiro atoms. The van der Waals surface area contributed by atoms with Gasteiger partial charge in [0.05, 0.1) is 18.0 Å². The van der Waals surface area contributed by atoms with Crippen molar-refractivity contribution in [3.63, 3.8) is 0 Å². The zero-order valence-corrected chi connectivity index (χ0v) is 8.56. The van der Waals surface area contributed by atoms with Crippen molar-refractivity contribution in [1.29, 1.82) is 0 Å². The monoisotopic (exact) mass is 195 g/mol. The lowest BCUT2D eigenvalue weighted by atomic mass is 10.1. The second-order valence-corrected chi connectivity index (χ2v) is 4.08. The third-order valence-corrected chi connectivity index (χ3v) is 2.68. The van der Waals surface area contributed by atoms with Crippen LogP contribution < -0.4 is 0 Å². The molecular weight excluding hydrogens is 178 g/mol. The van der Waals surface area contributed by atoms with E-state index in [0.29, 0.717) is 0 Å². The van der Waals surface area contributed by atoms with Crippen molar-refractivity contribution in [3.05, 3.63) is 11.9 Å². The van der Waals surface area contributed by atoms with Gasteiger partial charge in [0.25, 0.3) is 0 Å². The van der Waals surface area contributed by atoms with Gasteiger partial charge in [-0.15, -0.1) is 5.10 Å². The van der Waals surface area contributed by atoms with Crippen molar-refractivity contribution in [2.24, 2.45) is 5.92 Å². The molecular formula is C10H17N3O. The summed E-state index contributed by atoms with van der Waals surface area (Å²) in [4.78, 5) is 0. The minimum atomic E-state index is -0.371. The van der Waals surface area contributed by atoms with Crippen LogP contribution in [-0.4, -0.2) is 20.1 Å². The van der Waals surface area contributed by atoms with Crippen LogP contribution >= 0.6 is 0 Å². The predicted octanol–water partition coefficient (Wildman–Crippen LogP) is 1.52. The normalized spacial score (nSPS) is 18.4. The van der Waals surface area contributed by atoms with Crippen LogP contribution in [0.1, 0.15) is 44.4 Å². The van der Waals surface area contributed by atoms with Gasteiger partial charge in [0, 0.05) is 6.54 Å². The van der Waals surface area contributed by atoms with E-state index in [4.69, 9.17) is 0 Å². The SMILES string of the molecule is CCCn1nncc1C(O)CC1CC1. The summed E-state index contributed by atoms with van der Waals surface area (Å²) in [6, 6.07) is 0. The van der Waals surface area contributed by atoms with E-state index in [1.807, 2.05) is 4.68 Å². The highest BCUT2D eigenvalue weighted by molar-refractivity contribution is 5.00. The first kappa shape index (κ1) is 9.65. The van der Waals surface area contributed by atoms with E-state index in [-0.39, 0.29) is 6.10 Å². The van der Waals surface area contributed by atoms with Crippen molar-refractivity contribution in [3.8, 4) is 0 Å². The van der Waals surface area contributed by atoms with Crippen molar-refractivity contribution in [2.75, 3.05) is 0 Å². The number of aryl methyl sites for hydroxylation is 1. The Kier molecular flexibility index (Phi) is 2.82. The second kappa shape index (κ2) is 4.09. The highest BCUT2D eigenvalue weighted by Gasteiger charge is 2.26. The highest BCUT2D eigenvalue weighted by Crippen LogP contribution is 2.37. The summed E-state index contributed by atoms with van der Waals surface area (Å²) in [7, 11) is 0. The quantitative estimate of drug-likeness (QED) is 0.775. The molecule has 1 aromatic heterocycles. The average Bonchev–Trinajstić information content (AvgIpc) is 2.83. The molecule has 1 atom stereocenters. The molecule has 0 aliphatic heterocycles. The summed E-state index contributed by atoms with van der Waals surface area (Å²) in [6.45, 7) is 2.94. The molecule has 1 heterocycles. The van der Waals surface area contributed by atoms with Gasteiger partial charge in [-0.25, -0.2) is 4.68 Å². The second-order valence-electron chi connectivity index (χ2n) is 4.08. The number of rotatable bonds is 5. The fourth-order valence-electron chi connectivity index (χ4n) is 1.70. The summed E-state index contributed by atoms with van der Waals surface area (Å²) in [5.74, 6) is 0.731. The highest BCUT2D eigenvalue weighted by atomic mass is 16.3. The molecule has 1 N–H and O–H groups in total. The first-order valence-electron chi connectivity index (χ1n) is 5.37. The Balaban J connectivity index is 2.00. The summed E-state index contributed by atoms with van der Waals surface area (Å²) in [5, 5.41) is 17.7. The molecule has 1 aromatic rings. The van der Waals surface area contributed by atoms with Gasteiger partial charge < -0.3 is 5.11 Å². The molecule has 1 unspecified atom stereocenters. The van der Waals surface area contributed by atoms with Crippen LogP contribution in [0.2, 0.25) is 0 Å². The Morgan fingerprint density at radius 3 is 3.07 bits per heavy atom. The van der Waals surface area contributed by atoms with Gasteiger partial charge in [-0.05, 0) is 18.8 Å². The molecule has 4 heteroatoms. The molecule has 1 fully saturated rings. The van der Waals surface area contributed by atoms with Gasteiger partial charge >= 0.3 is 0 Å². The van der Waals surface area contributed by atoms with Gasteiger partial charge in [0.2, 0.25) is 0 Å². The number of aromatic nitrogens is 3. The smallest absolute Gasteiger partial charge is 0.0975 e. The lowest BCUT2D eigenvalue weighted by Gasteiger charge is -2.10. The molecule has 0 amide bonds. The molecule has 14 heavy (non-hydrogen) atoms. The van der Waals surface area contributed by atoms with Crippen LogP contribution in [-0.2, 0) is 6.54 Å². The van der Waals surface area contributed by atoms with Gasteiger partial charge in [0.1, 0.15) is 0 Å². The number of hydrogen-bond donors (Lipinski definition) is 1. The summed E-state index contributed by atoms with van der Waals surface area (Å²) >= 11 is 0. The van der Waals surface area contributed by atoms with E-state index in [2.05, 4.69) is 17.2 Å². The zero-order valence-electron chi connectivity index (χ0n) is 8.56. The van der Waals surface area contributed by atoms with Crippen LogP contribution in [0.5, 0.6) is 0 Å². The molecule has 0 aromatic carbocycles. The molecule has 78 valence electrons. The Labute approximate surface area is 83.9 Å². The minimum absolute atomic E-state index is 0.371. The first-order chi connectivity index (χ1) is 6.81. The van der Waals surface area contributed by atoms with Gasteiger partial charge in [-0.2, -0.15) is 0 Å². The van der Waals surface area contributed by atoms with Crippen molar-refractivity contribution in [1.82, 2.24) is 15.0 Å². The van der Waals surface area contributed by atoms with Crippen LogP contribution in [0.15, 0.2) is 6.20 Å². The van der Waals surface area contributed by atoms with E-state index >= 15 is 0 Å². The maximum atomic E-state index is 9.93. The van der Waals surface area contributed by atoms with E-state index in [1.54, 1.807) is 6.20 Å². The molecule has 1 aliphatic carbocycles. The summed E-state index contributed by atoms with van der Waals surface area (Å²) in [5.41, 5.74) is 0.874. The van der Waals surface area contributed by atoms with Crippen LogP contribution in [0, 0.1) is 5.92 Å². The Hall–Kier alpha value is -0.900. The zero-order chi connectivity index (χ0) is 9.97. The van der Waals surface area contributed by atoms with Crippen LogP contribution in [0.25, 0.3) is 0 Å². The molecule has 2 rings (SSSR count). The van der Waals surface area contributed by atoms with E-state index in [0.717, 1.165) is 31.0 Å². The van der Waals surface area contributed by atoms with E-state index in [9.17, 15) is 5.11 Å². The minimum Gasteiger partial charge on any atom is -0.387 e. The fourth-order valence-corrected chi connectivity index (χ4v) is 1.70. The molecule has 1 aliphatic rings. The largest absolute Gasteiger partial charge is 0.387 e. The topological polar surface area (TPSA) is 50.9 Å². The van der Waals surface area contributed by atoms with Crippen LogP contribution in [0.4, 0.5) is 0 Å². The number of aliphatic hydroxyl groups excluding tert-OH is 1.